The average Bonchev–Trinajstić information content (AvgIpc) is 2.40. The smallest absolute Gasteiger partial charge is 0.241 e. The minimum atomic E-state index is -0.0231. The number of H-pyrrole nitrogens is 1. The number of aromatic nitrogens is 2. The zero-order chi connectivity index (χ0) is 10.7. The van der Waals surface area contributed by atoms with Crippen molar-refractivity contribution in [2.45, 2.75) is 6.92 Å². The Morgan fingerprint density at radius 1 is 1.64 bits per heavy atom. The Balaban J connectivity index is 2.54. The molecule has 0 bridgehead atoms. The second kappa shape index (κ2) is 3.99. The fourth-order valence-electron chi connectivity index (χ4n) is 0.962. The van der Waals surface area contributed by atoms with Gasteiger partial charge in [-0.15, -0.1) is 0 Å². The van der Waals surface area contributed by atoms with Crippen LogP contribution in [0.15, 0.2) is 0 Å². The fourth-order valence-corrected chi connectivity index (χ4v) is 0.962. The molecule has 78 valence electrons. The number of carbonyl (C=O) groups is 1. The standard InChI is InChI=1S/C8H15N5O/c1-5-11-7(9)8(12-5)10-4-6(14)13(2)3/h10H,4,9H2,1-3H3,(H,11,12). The number of anilines is 2. The van der Waals surface area contributed by atoms with Gasteiger partial charge >= 0.3 is 0 Å². The third-order valence-electron chi connectivity index (χ3n) is 1.76. The summed E-state index contributed by atoms with van der Waals surface area (Å²) in [6.45, 7) is 2.00. The molecule has 0 aliphatic rings. The van der Waals surface area contributed by atoms with Crippen LogP contribution in [-0.2, 0) is 4.79 Å². The van der Waals surface area contributed by atoms with Crippen LogP contribution in [0, 0.1) is 6.92 Å². The molecule has 4 N–H and O–H groups in total. The molecule has 6 nitrogen and oxygen atoms in total. The van der Waals surface area contributed by atoms with Gasteiger partial charge in [-0.2, -0.15) is 0 Å². The first-order valence-electron chi connectivity index (χ1n) is 4.27. The van der Waals surface area contributed by atoms with Crippen molar-refractivity contribution in [1.29, 1.82) is 0 Å². The van der Waals surface area contributed by atoms with Crippen LogP contribution in [0.3, 0.4) is 0 Å². The maximum absolute atomic E-state index is 11.2. The molecular weight excluding hydrogens is 182 g/mol. The first kappa shape index (κ1) is 10.4. The number of rotatable bonds is 3. The van der Waals surface area contributed by atoms with Gasteiger partial charge in [0.1, 0.15) is 11.6 Å². The summed E-state index contributed by atoms with van der Waals surface area (Å²) >= 11 is 0. The van der Waals surface area contributed by atoms with Crippen molar-refractivity contribution in [2.24, 2.45) is 0 Å². The van der Waals surface area contributed by atoms with E-state index in [1.807, 2.05) is 0 Å². The number of hydrogen-bond acceptors (Lipinski definition) is 4. The first-order chi connectivity index (χ1) is 6.50. The second-order valence-electron chi connectivity index (χ2n) is 3.23. The SMILES string of the molecule is Cc1nc(NCC(=O)N(C)C)c(N)[nH]1. The predicted octanol–water partition coefficient (Wildman–Crippen LogP) is -0.200. The molecule has 1 heterocycles. The lowest BCUT2D eigenvalue weighted by Gasteiger charge is -2.10. The minimum absolute atomic E-state index is 0.0231. The molecule has 0 spiro atoms. The number of aromatic amines is 1. The Hall–Kier alpha value is -1.72. The summed E-state index contributed by atoms with van der Waals surface area (Å²) in [5.41, 5.74) is 5.60. The average molecular weight is 197 g/mol. The van der Waals surface area contributed by atoms with Crippen LogP contribution in [0.25, 0.3) is 0 Å². The van der Waals surface area contributed by atoms with E-state index in [0.29, 0.717) is 11.6 Å². The number of imidazole rings is 1. The summed E-state index contributed by atoms with van der Waals surface area (Å²) in [6.07, 6.45) is 0. The van der Waals surface area contributed by atoms with E-state index in [0.717, 1.165) is 5.82 Å². The monoisotopic (exact) mass is 197 g/mol. The highest BCUT2D eigenvalue weighted by Crippen LogP contribution is 2.12. The van der Waals surface area contributed by atoms with E-state index in [9.17, 15) is 4.79 Å². The highest BCUT2D eigenvalue weighted by Gasteiger charge is 2.07. The summed E-state index contributed by atoms with van der Waals surface area (Å²) in [4.78, 5) is 19.6. The normalized spacial score (nSPS) is 9.93. The van der Waals surface area contributed by atoms with E-state index in [4.69, 9.17) is 5.73 Å². The molecule has 1 rings (SSSR count). The van der Waals surface area contributed by atoms with Crippen molar-refractivity contribution >= 4 is 17.5 Å². The molecule has 0 aliphatic heterocycles. The topological polar surface area (TPSA) is 87.0 Å². The van der Waals surface area contributed by atoms with Gasteiger partial charge in [0.05, 0.1) is 6.54 Å². The van der Waals surface area contributed by atoms with Crippen LogP contribution in [0.1, 0.15) is 5.82 Å². The van der Waals surface area contributed by atoms with Gasteiger partial charge in [-0.25, -0.2) is 4.98 Å². The van der Waals surface area contributed by atoms with Gasteiger partial charge in [0, 0.05) is 14.1 Å². The van der Waals surface area contributed by atoms with Crippen molar-refractivity contribution in [2.75, 3.05) is 31.7 Å². The van der Waals surface area contributed by atoms with Crippen molar-refractivity contribution in [3.8, 4) is 0 Å². The number of hydrogen-bond donors (Lipinski definition) is 3. The zero-order valence-electron chi connectivity index (χ0n) is 8.59. The fraction of sp³-hybridized carbons (Fsp3) is 0.500. The number of aryl methyl sites for hydroxylation is 1. The van der Waals surface area contributed by atoms with Gasteiger partial charge in [-0.1, -0.05) is 0 Å². The molecule has 0 saturated carbocycles. The van der Waals surface area contributed by atoms with Crippen LogP contribution in [0.2, 0.25) is 0 Å². The van der Waals surface area contributed by atoms with Crippen molar-refractivity contribution < 1.29 is 4.79 Å². The van der Waals surface area contributed by atoms with Gasteiger partial charge in [0.25, 0.3) is 0 Å². The molecule has 1 amide bonds. The lowest BCUT2D eigenvalue weighted by molar-refractivity contribution is -0.126. The number of nitrogens with zero attached hydrogens (tertiary/aromatic N) is 2. The van der Waals surface area contributed by atoms with Gasteiger partial charge < -0.3 is 20.9 Å². The summed E-state index contributed by atoms with van der Waals surface area (Å²) in [5, 5.41) is 2.86. The van der Waals surface area contributed by atoms with E-state index in [-0.39, 0.29) is 12.5 Å². The van der Waals surface area contributed by atoms with Gasteiger partial charge in [0.15, 0.2) is 5.82 Å². The summed E-state index contributed by atoms with van der Waals surface area (Å²) in [7, 11) is 3.40. The summed E-state index contributed by atoms with van der Waals surface area (Å²) in [5.74, 6) is 1.68. The van der Waals surface area contributed by atoms with E-state index >= 15 is 0 Å². The number of nitrogens with two attached hydrogens (primary N) is 1. The Kier molecular flexibility index (Phi) is 2.95. The highest BCUT2D eigenvalue weighted by atomic mass is 16.2. The molecule has 0 saturated heterocycles. The van der Waals surface area contributed by atoms with Gasteiger partial charge in [0.2, 0.25) is 5.91 Å². The number of carbonyl (C=O) groups excluding carboxylic acids is 1. The Morgan fingerprint density at radius 2 is 2.29 bits per heavy atom. The zero-order valence-corrected chi connectivity index (χ0v) is 8.59. The van der Waals surface area contributed by atoms with Crippen LogP contribution < -0.4 is 11.1 Å². The lowest BCUT2D eigenvalue weighted by atomic mass is 10.5. The molecule has 6 heteroatoms. The predicted molar refractivity (Wildman–Crippen MR) is 54.9 cm³/mol. The summed E-state index contributed by atoms with van der Waals surface area (Å²) in [6, 6.07) is 0. The number of amides is 1. The molecule has 1 aromatic heterocycles. The third-order valence-corrected chi connectivity index (χ3v) is 1.76. The molecule has 0 aromatic carbocycles. The Bertz CT molecular complexity index is 330. The Morgan fingerprint density at radius 3 is 2.71 bits per heavy atom. The molecule has 0 atom stereocenters. The minimum Gasteiger partial charge on any atom is -0.382 e. The van der Waals surface area contributed by atoms with Gasteiger partial charge in [-0.3, -0.25) is 4.79 Å². The molecular formula is C8H15N5O. The van der Waals surface area contributed by atoms with Gasteiger partial charge in [-0.05, 0) is 6.92 Å². The molecule has 1 aromatic rings. The van der Waals surface area contributed by atoms with Crippen molar-refractivity contribution in [3.63, 3.8) is 0 Å². The number of nitrogen functional groups attached to an aromatic ring is 1. The van der Waals surface area contributed by atoms with Crippen LogP contribution in [0.5, 0.6) is 0 Å². The van der Waals surface area contributed by atoms with Crippen molar-refractivity contribution in [1.82, 2.24) is 14.9 Å². The maximum Gasteiger partial charge on any atom is 0.241 e. The van der Waals surface area contributed by atoms with E-state index in [1.54, 1.807) is 21.0 Å². The van der Waals surface area contributed by atoms with E-state index < -0.39 is 0 Å². The molecule has 0 aliphatic carbocycles. The van der Waals surface area contributed by atoms with Crippen LogP contribution in [-0.4, -0.2) is 41.4 Å². The number of nitrogens with one attached hydrogen (secondary N) is 2. The third kappa shape index (κ3) is 2.38. The highest BCUT2D eigenvalue weighted by molar-refractivity contribution is 5.80. The number of likely N-dealkylation sites (N-methyl/N-ethyl adjacent to an activating group) is 1. The maximum atomic E-state index is 11.2. The van der Waals surface area contributed by atoms with Crippen LogP contribution >= 0.6 is 0 Å². The molecule has 0 fully saturated rings. The van der Waals surface area contributed by atoms with E-state index in [2.05, 4.69) is 15.3 Å². The first-order valence-corrected chi connectivity index (χ1v) is 4.27. The lowest BCUT2D eigenvalue weighted by Crippen LogP contribution is -2.28. The molecule has 0 unspecified atom stereocenters. The molecule has 14 heavy (non-hydrogen) atoms. The summed E-state index contributed by atoms with van der Waals surface area (Å²) < 4.78 is 0. The van der Waals surface area contributed by atoms with Crippen LogP contribution in [0.4, 0.5) is 11.6 Å². The molecule has 0 radical (unpaired) electrons. The van der Waals surface area contributed by atoms with E-state index in [1.165, 1.54) is 4.90 Å². The second-order valence-corrected chi connectivity index (χ2v) is 3.23. The Labute approximate surface area is 82.5 Å². The quantitative estimate of drug-likeness (QED) is 0.626. The largest absolute Gasteiger partial charge is 0.382 e. The van der Waals surface area contributed by atoms with Crippen molar-refractivity contribution in [3.05, 3.63) is 5.82 Å².